The van der Waals surface area contributed by atoms with Crippen molar-refractivity contribution in [3.63, 3.8) is 0 Å². The molecule has 1 rings (SSSR count). The summed E-state index contributed by atoms with van der Waals surface area (Å²) in [6.45, 7) is 1.75. The number of hydrogen-bond donors (Lipinski definition) is 1. The van der Waals surface area contributed by atoms with E-state index in [0.29, 0.717) is 12.0 Å². The van der Waals surface area contributed by atoms with Gasteiger partial charge in [0.25, 0.3) is 0 Å². The summed E-state index contributed by atoms with van der Waals surface area (Å²) in [7, 11) is 1.34. The number of carbonyl (C=O) groups excluding carboxylic acids is 1. The van der Waals surface area contributed by atoms with Gasteiger partial charge in [-0.15, -0.1) is 0 Å². The molecule has 0 saturated heterocycles. The van der Waals surface area contributed by atoms with Crippen LogP contribution in [-0.2, 0) is 16.0 Å². The van der Waals surface area contributed by atoms with Crippen LogP contribution < -0.4 is 0 Å². The predicted octanol–water partition coefficient (Wildman–Crippen LogP) is 1.80. The number of methoxy groups -OCH3 is 1. The normalized spacial score (nSPS) is 9.88. The van der Waals surface area contributed by atoms with Crippen LogP contribution in [-0.4, -0.2) is 24.2 Å². The molecule has 0 saturated carbocycles. The number of carbonyl (C=O) groups is 2. The SMILES string of the molecule is COC(=O)CCc1cccc(C(=O)O)c1C. The first kappa shape index (κ1) is 12.2. The van der Waals surface area contributed by atoms with Gasteiger partial charge in [0.15, 0.2) is 0 Å². The Kier molecular flexibility index (Phi) is 4.05. The highest BCUT2D eigenvalue weighted by Gasteiger charge is 2.10. The number of ether oxygens (including phenoxy) is 1. The van der Waals surface area contributed by atoms with E-state index in [9.17, 15) is 9.59 Å². The van der Waals surface area contributed by atoms with E-state index in [1.54, 1.807) is 19.1 Å². The molecule has 16 heavy (non-hydrogen) atoms. The molecule has 1 N–H and O–H groups in total. The number of aryl methyl sites for hydroxylation is 1. The molecule has 0 aliphatic heterocycles. The summed E-state index contributed by atoms with van der Waals surface area (Å²) in [5.74, 6) is -1.24. The van der Waals surface area contributed by atoms with E-state index in [1.807, 2.05) is 6.07 Å². The predicted molar refractivity (Wildman–Crippen MR) is 58.5 cm³/mol. The largest absolute Gasteiger partial charge is 0.478 e. The number of aromatic carboxylic acids is 1. The molecule has 0 atom stereocenters. The molecule has 4 heteroatoms. The third-order valence-electron chi connectivity index (χ3n) is 2.50. The van der Waals surface area contributed by atoms with E-state index in [0.717, 1.165) is 5.56 Å². The Bertz CT molecular complexity index is 409. The molecule has 0 aliphatic carbocycles. The van der Waals surface area contributed by atoms with Gasteiger partial charge in [-0.1, -0.05) is 12.1 Å². The molecule has 4 nitrogen and oxygen atoms in total. The molecule has 0 bridgehead atoms. The molecule has 86 valence electrons. The minimum Gasteiger partial charge on any atom is -0.478 e. The first-order valence-electron chi connectivity index (χ1n) is 4.95. The molecule has 0 radical (unpaired) electrons. The van der Waals surface area contributed by atoms with E-state index in [4.69, 9.17) is 5.11 Å². The van der Waals surface area contributed by atoms with Crippen LogP contribution in [0.3, 0.4) is 0 Å². The maximum atomic E-state index is 11.0. The highest BCUT2D eigenvalue weighted by atomic mass is 16.5. The van der Waals surface area contributed by atoms with Crippen LogP contribution in [0.2, 0.25) is 0 Å². The molecule has 1 aromatic carbocycles. The second-order valence-electron chi connectivity index (χ2n) is 3.47. The summed E-state index contributed by atoms with van der Waals surface area (Å²) >= 11 is 0. The zero-order valence-electron chi connectivity index (χ0n) is 9.32. The summed E-state index contributed by atoms with van der Waals surface area (Å²) < 4.78 is 4.53. The number of esters is 1. The summed E-state index contributed by atoms with van der Waals surface area (Å²) in [5, 5.41) is 8.92. The summed E-state index contributed by atoms with van der Waals surface area (Å²) in [6, 6.07) is 5.06. The van der Waals surface area contributed by atoms with Crippen LogP contribution in [0.5, 0.6) is 0 Å². The van der Waals surface area contributed by atoms with E-state index >= 15 is 0 Å². The molecule has 0 aromatic heterocycles. The van der Waals surface area contributed by atoms with Gasteiger partial charge in [-0.05, 0) is 30.5 Å². The quantitative estimate of drug-likeness (QED) is 0.789. The summed E-state index contributed by atoms with van der Waals surface area (Å²) in [6.07, 6.45) is 0.764. The molecular weight excluding hydrogens is 208 g/mol. The van der Waals surface area contributed by atoms with Crippen molar-refractivity contribution in [1.29, 1.82) is 0 Å². The van der Waals surface area contributed by atoms with Gasteiger partial charge < -0.3 is 9.84 Å². The maximum Gasteiger partial charge on any atom is 0.335 e. The van der Waals surface area contributed by atoms with Crippen LogP contribution in [0, 0.1) is 6.92 Å². The number of carboxylic acid groups (broad SMARTS) is 1. The molecule has 0 amide bonds. The average molecular weight is 222 g/mol. The Morgan fingerprint density at radius 2 is 2.06 bits per heavy atom. The Morgan fingerprint density at radius 1 is 1.38 bits per heavy atom. The van der Waals surface area contributed by atoms with Gasteiger partial charge in [0.1, 0.15) is 0 Å². The van der Waals surface area contributed by atoms with E-state index < -0.39 is 5.97 Å². The number of hydrogen-bond acceptors (Lipinski definition) is 3. The Hall–Kier alpha value is -1.84. The van der Waals surface area contributed by atoms with Crippen molar-refractivity contribution in [2.45, 2.75) is 19.8 Å². The second-order valence-corrected chi connectivity index (χ2v) is 3.47. The fourth-order valence-electron chi connectivity index (χ4n) is 1.52. The minimum absolute atomic E-state index is 0.264. The van der Waals surface area contributed by atoms with Crippen LogP contribution >= 0.6 is 0 Å². The van der Waals surface area contributed by atoms with Crippen molar-refractivity contribution in [3.05, 3.63) is 34.9 Å². The molecule has 0 aliphatic rings. The first-order chi connectivity index (χ1) is 7.56. The van der Waals surface area contributed by atoms with E-state index in [1.165, 1.54) is 7.11 Å². The maximum absolute atomic E-state index is 11.0. The number of benzene rings is 1. The van der Waals surface area contributed by atoms with Crippen molar-refractivity contribution in [3.8, 4) is 0 Å². The van der Waals surface area contributed by atoms with Crippen molar-refractivity contribution in [2.24, 2.45) is 0 Å². The van der Waals surface area contributed by atoms with Crippen LogP contribution in [0.15, 0.2) is 18.2 Å². The average Bonchev–Trinajstić information content (AvgIpc) is 2.26. The smallest absolute Gasteiger partial charge is 0.335 e. The highest BCUT2D eigenvalue weighted by Crippen LogP contribution is 2.15. The topological polar surface area (TPSA) is 63.6 Å². The zero-order valence-corrected chi connectivity index (χ0v) is 9.32. The lowest BCUT2D eigenvalue weighted by atomic mass is 9.99. The highest BCUT2D eigenvalue weighted by molar-refractivity contribution is 5.89. The Balaban J connectivity index is 2.85. The summed E-state index contributed by atoms with van der Waals surface area (Å²) in [4.78, 5) is 21.9. The van der Waals surface area contributed by atoms with Crippen molar-refractivity contribution in [2.75, 3.05) is 7.11 Å². The molecule has 0 unspecified atom stereocenters. The monoisotopic (exact) mass is 222 g/mol. The van der Waals surface area contributed by atoms with Gasteiger partial charge in [0, 0.05) is 6.42 Å². The number of carboxylic acids is 1. The Labute approximate surface area is 93.9 Å². The Morgan fingerprint density at radius 3 is 2.62 bits per heavy atom. The van der Waals surface area contributed by atoms with Gasteiger partial charge in [-0.3, -0.25) is 4.79 Å². The molecule has 0 spiro atoms. The molecular formula is C12H14O4. The van der Waals surface area contributed by atoms with Crippen LogP contribution in [0.25, 0.3) is 0 Å². The third kappa shape index (κ3) is 2.82. The summed E-state index contributed by atoms with van der Waals surface area (Å²) in [5.41, 5.74) is 1.85. The zero-order chi connectivity index (χ0) is 12.1. The lowest BCUT2D eigenvalue weighted by Crippen LogP contribution is -2.06. The van der Waals surface area contributed by atoms with Gasteiger partial charge in [0.2, 0.25) is 0 Å². The number of rotatable bonds is 4. The minimum atomic E-state index is -0.947. The van der Waals surface area contributed by atoms with Gasteiger partial charge >= 0.3 is 11.9 Å². The van der Waals surface area contributed by atoms with Crippen LogP contribution in [0.1, 0.15) is 27.9 Å². The molecule has 1 aromatic rings. The molecule has 0 fully saturated rings. The van der Waals surface area contributed by atoms with Gasteiger partial charge in [-0.2, -0.15) is 0 Å². The lowest BCUT2D eigenvalue weighted by molar-refractivity contribution is -0.140. The van der Waals surface area contributed by atoms with Crippen molar-refractivity contribution >= 4 is 11.9 Å². The fourth-order valence-corrected chi connectivity index (χ4v) is 1.52. The van der Waals surface area contributed by atoms with Gasteiger partial charge in [0.05, 0.1) is 12.7 Å². The van der Waals surface area contributed by atoms with Crippen molar-refractivity contribution < 1.29 is 19.4 Å². The third-order valence-corrected chi connectivity index (χ3v) is 2.50. The second kappa shape index (κ2) is 5.30. The van der Waals surface area contributed by atoms with E-state index in [2.05, 4.69) is 4.74 Å². The standard InChI is InChI=1S/C12H14O4/c1-8-9(6-7-11(13)16-2)4-3-5-10(8)12(14)15/h3-5H,6-7H2,1-2H3,(H,14,15). The van der Waals surface area contributed by atoms with Gasteiger partial charge in [-0.25, -0.2) is 4.79 Å². The van der Waals surface area contributed by atoms with Crippen molar-refractivity contribution in [1.82, 2.24) is 0 Å². The lowest BCUT2D eigenvalue weighted by Gasteiger charge is -2.07. The first-order valence-corrected chi connectivity index (χ1v) is 4.95. The van der Waals surface area contributed by atoms with Crippen LogP contribution in [0.4, 0.5) is 0 Å². The molecule has 0 heterocycles. The van der Waals surface area contributed by atoms with E-state index in [-0.39, 0.29) is 18.0 Å². The fraction of sp³-hybridized carbons (Fsp3) is 0.333.